The minimum atomic E-state index is -0.775. The van der Waals surface area contributed by atoms with Crippen LogP contribution in [0.1, 0.15) is 61.7 Å². The van der Waals surface area contributed by atoms with E-state index in [0.29, 0.717) is 5.56 Å². The number of allylic oxidation sites excluding steroid dienone is 2. The number of hydrogen-bond acceptors (Lipinski definition) is 2. The molecule has 1 N–H and O–H groups in total. The molecule has 132 valence electrons. The van der Waals surface area contributed by atoms with Crippen molar-refractivity contribution in [3.63, 3.8) is 0 Å². The van der Waals surface area contributed by atoms with Gasteiger partial charge in [-0.2, -0.15) is 0 Å². The first-order valence-electron chi connectivity index (χ1n) is 9.72. The molecule has 3 heteroatoms. The molecule has 0 heterocycles. The van der Waals surface area contributed by atoms with Crippen molar-refractivity contribution in [2.24, 2.45) is 23.7 Å². The average Bonchev–Trinajstić information content (AvgIpc) is 2.67. The van der Waals surface area contributed by atoms with Crippen LogP contribution in [0, 0.1) is 23.7 Å². The monoisotopic (exact) mass is 338 g/mol. The first-order valence-corrected chi connectivity index (χ1v) is 9.72. The van der Waals surface area contributed by atoms with Crippen LogP contribution in [-0.4, -0.2) is 16.9 Å². The van der Waals surface area contributed by atoms with E-state index in [1.54, 1.807) is 0 Å². The van der Waals surface area contributed by atoms with Gasteiger partial charge in [0.05, 0.1) is 5.92 Å². The molecule has 0 amide bonds. The normalized spacial score (nSPS) is 31.8. The molecule has 25 heavy (non-hydrogen) atoms. The molecule has 3 aliphatic carbocycles. The van der Waals surface area contributed by atoms with E-state index in [1.807, 2.05) is 30.3 Å². The molecule has 3 nitrogen and oxygen atoms in total. The van der Waals surface area contributed by atoms with Crippen molar-refractivity contribution in [1.29, 1.82) is 0 Å². The first-order chi connectivity index (χ1) is 12.2. The number of fused-ring (bicyclic) bond motifs is 2. The molecule has 3 aliphatic rings. The van der Waals surface area contributed by atoms with Gasteiger partial charge in [-0.1, -0.05) is 54.3 Å². The number of hydrogen-bond donors (Lipinski definition) is 1. The summed E-state index contributed by atoms with van der Waals surface area (Å²) in [7, 11) is 0. The van der Waals surface area contributed by atoms with Crippen molar-refractivity contribution in [3.8, 4) is 0 Å². The highest BCUT2D eigenvalue weighted by molar-refractivity contribution is 6.00. The number of carboxylic acids is 1. The molecule has 0 saturated heterocycles. The molecule has 0 spiro atoms. The number of carboxylic acid groups (broad SMARTS) is 1. The Morgan fingerprint density at radius 2 is 1.36 bits per heavy atom. The third kappa shape index (κ3) is 2.84. The summed E-state index contributed by atoms with van der Waals surface area (Å²) in [5.41, 5.74) is 3.55. The lowest BCUT2D eigenvalue weighted by Gasteiger charge is -2.47. The third-order valence-corrected chi connectivity index (χ3v) is 6.63. The van der Waals surface area contributed by atoms with Gasteiger partial charge in [0.15, 0.2) is 5.78 Å². The SMILES string of the molecule is O=C(c1ccccc1)[C@@H]1[C@H](C(=O)O)[C@@H]2CCCCC2=C2CCCC[C@H]21. The number of ketones is 1. The lowest BCUT2D eigenvalue weighted by atomic mass is 9.56. The molecule has 4 atom stereocenters. The van der Waals surface area contributed by atoms with Crippen LogP contribution in [0.2, 0.25) is 0 Å². The van der Waals surface area contributed by atoms with E-state index in [4.69, 9.17) is 0 Å². The van der Waals surface area contributed by atoms with Crippen molar-refractivity contribution in [2.45, 2.75) is 51.4 Å². The van der Waals surface area contributed by atoms with Crippen LogP contribution in [0.5, 0.6) is 0 Å². The van der Waals surface area contributed by atoms with E-state index in [2.05, 4.69) is 0 Å². The molecule has 1 aromatic carbocycles. The summed E-state index contributed by atoms with van der Waals surface area (Å²) in [4.78, 5) is 25.6. The fourth-order valence-corrected chi connectivity index (χ4v) is 5.64. The molecule has 2 saturated carbocycles. The average molecular weight is 338 g/mol. The number of carbonyl (C=O) groups is 2. The first kappa shape index (κ1) is 16.6. The Hall–Kier alpha value is -1.90. The van der Waals surface area contributed by atoms with Crippen LogP contribution in [0.3, 0.4) is 0 Å². The number of Topliss-reactive ketones (excluding diaryl/α,β-unsaturated/α-hetero) is 1. The third-order valence-electron chi connectivity index (χ3n) is 6.63. The van der Waals surface area contributed by atoms with E-state index in [1.165, 1.54) is 24.0 Å². The van der Waals surface area contributed by atoms with Crippen molar-refractivity contribution in [3.05, 3.63) is 47.0 Å². The molecule has 0 bridgehead atoms. The molecule has 0 aromatic heterocycles. The summed E-state index contributed by atoms with van der Waals surface area (Å²) >= 11 is 0. The maximum atomic E-state index is 13.4. The predicted molar refractivity (Wildman–Crippen MR) is 96.3 cm³/mol. The van der Waals surface area contributed by atoms with Crippen molar-refractivity contribution >= 4 is 11.8 Å². The summed E-state index contributed by atoms with van der Waals surface area (Å²) in [6.07, 6.45) is 8.57. The zero-order valence-corrected chi connectivity index (χ0v) is 14.6. The molecule has 2 fully saturated rings. The number of carbonyl (C=O) groups excluding carboxylic acids is 1. The van der Waals surface area contributed by atoms with E-state index in [-0.39, 0.29) is 23.5 Å². The molecular formula is C22H26O3. The van der Waals surface area contributed by atoms with E-state index in [0.717, 1.165) is 38.5 Å². The van der Waals surface area contributed by atoms with Crippen molar-refractivity contribution < 1.29 is 14.7 Å². The fourth-order valence-electron chi connectivity index (χ4n) is 5.64. The summed E-state index contributed by atoms with van der Waals surface area (Å²) in [6.45, 7) is 0. The lowest BCUT2D eigenvalue weighted by Crippen LogP contribution is -2.46. The minimum absolute atomic E-state index is 0.0435. The quantitative estimate of drug-likeness (QED) is 0.631. The van der Waals surface area contributed by atoms with E-state index in [9.17, 15) is 14.7 Å². The standard InChI is InChI=1S/C22H26O3/c23-21(14-8-2-1-3-9-14)19-17-12-6-4-10-15(17)16-11-5-7-13-18(16)20(19)22(24)25/h1-3,8-9,17-20H,4-7,10-13H2,(H,24,25)/t17-,18-,19+,20-/m1/s1. The van der Waals surface area contributed by atoms with Gasteiger partial charge in [-0.3, -0.25) is 9.59 Å². The van der Waals surface area contributed by atoms with Gasteiger partial charge in [-0.25, -0.2) is 0 Å². The second-order valence-electron chi connectivity index (χ2n) is 7.88. The van der Waals surface area contributed by atoms with Gasteiger partial charge in [-0.05, 0) is 50.4 Å². The maximum Gasteiger partial charge on any atom is 0.307 e. The molecule has 0 unspecified atom stereocenters. The Morgan fingerprint density at radius 1 is 0.800 bits per heavy atom. The van der Waals surface area contributed by atoms with Crippen molar-refractivity contribution in [1.82, 2.24) is 0 Å². The largest absolute Gasteiger partial charge is 0.481 e. The maximum absolute atomic E-state index is 13.4. The Kier molecular flexibility index (Phi) is 4.49. The highest BCUT2D eigenvalue weighted by Gasteiger charge is 2.51. The van der Waals surface area contributed by atoms with Crippen molar-refractivity contribution in [2.75, 3.05) is 0 Å². The van der Waals surface area contributed by atoms with Crippen LogP contribution in [0.15, 0.2) is 41.5 Å². The van der Waals surface area contributed by atoms with Gasteiger partial charge in [0.1, 0.15) is 0 Å². The Bertz CT molecular complexity index is 703. The number of rotatable bonds is 3. The fraction of sp³-hybridized carbons (Fsp3) is 0.545. The van der Waals surface area contributed by atoms with Gasteiger partial charge in [0.2, 0.25) is 0 Å². The highest BCUT2D eigenvalue weighted by atomic mass is 16.4. The summed E-state index contributed by atoms with van der Waals surface area (Å²) in [5, 5.41) is 10.1. The van der Waals surface area contributed by atoms with Crippen LogP contribution < -0.4 is 0 Å². The molecule has 1 aromatic rings. The van der Waals surface area contributed by atoms with Crippen LogP contribution in [0.4, 0.5) is 0 Å². The molecule has 4 rings (SSSR count). The van der Waals surface area contributed by atoms with E-state index >= 15 is 0 Å². The Morgan fingerprint density at radius 3 is 1.92 bits per heavy atom. The second kappa shape index (κ2) is 6.78. The predicted octanol–water partition coefficient (Wildman–Crippen LogP) is 4.88. The van der Waals surface area contributed by atoms with Crippen LogP contribution in [0.25, 0.3) is 0 Å². The van der Waals surface area contributed by atoms with Gasteiger partial charge in [0, 0.05) is 11.5 Å². The summed E-state index contributed by atoms with van der Waals surface area (Å²) < 4.78 is 0. The minimum Gasteiger partial charge on any atom is -0.481 e. The topological polar surface area (TPSA) is 54.4 Å². The zero-order valence-electron chi connectivity index (χ0n) is 14.6. The summed E-state index contributed by atoms with van der Waals surface area (Å²) in [5.74, 6) is -1.44. The number of aliphatic carboxylic acids is 1. The Balaban J connectivity index is 1.81. The molecule has 0 aliphatic heterocycles. The van der Waals surface area contributed by atoms with Gasteiger partial charge >= 0.3 is 5.97 Å². The van der Waals surface area contributed by atoms with Crippen LogP contribution in [-0.2, 0) is 4.79 Å². The molecular weight excluding hydrogens is 312 g/mol. The van der Waals surface area contributed by atoms with E-state index < -0.39 is 11.9 Å². The molecule has 0 radical (unpaired) electrons. The highest BCUT2D eigenvalue weighted by Crippen LogP contribution is 2.53. The van der Waals surface area contributed by atoms with Crippen LogP contribution >= 0.6 is 0 Å². The van der Waals surface area contributed by atoms with Gasteiger partial charge in [0.25, 0.3) is 0 Å². The zero-order chi connectivity index (χ0) is 17.4. The van der Waals surface area contributed by atoms with Gasteiger partial charge in [-0.15, -0.1) is 0 Å². The second-order valence-corrected chi connectivity index (χ2v) is 7.88. The summed E-state index contributed by atoms with van der Waals surface area (Å²) in [6, 6.07) is 9.32. The Labute approximate surface area is 149 Å². The van der Waals surface area contributed by atoms with Gasteiger partial charge < -0.3 is 5.11 Å². The number of benzene rings is 1. The smallest absolute Gasteiger partial charge is 0.307 e. The lowest BCUT2D eigenvalue weighted by molar-refractivity contribution is -0.146.